The number of amides is 1. The minimum Gasteiger partial charge on any atom is -0.396 e. The van der Waals surface area contributed by atoms with Gasteiger partial charge in [0.2, 0.25) is 5.91 Å². The van der Waals surface area contributed by atoms with Crippen LogP contribution in [-0.2, 0) is 16.1 Å². The van der Waals surface area contributed by atoms with Gasteiger partial charge in [0, 0.05) is 55.9 Å². The van der Waals surface area contributed by atoms with Gasteiger partial charge in [-0.05, 0) is 49.9 Å². The summed E-state index contributed by atoms with van der Waals surface area (Å²) >= 11 is 0. The smallest absolute Gasteiger partial charge is 0.258 e. The third-order valence-electron chi connectivity index (χ3n) is 7.62. The summed E-state index contributed by atoms with van der Waals surface area (Å²) in [4.78, 5) is 28.4. The van der Waals surface area contributed by atoms with Crippen molar-refractivity contribution in [3.05, 3.63) is 39.8 Å². The van der Waals surface area contributed by atoms with Gasteiger partial charge in [-0.1, -0.05) is 6.08 Å². The number of ether oxygens (including phenoxy) is 1. The van der Waals surface area contributed by atoms with E-state index in [1.807, 2.05) is 16.7 Å². The van der Waals surface area contributed by atoms with Gasteiger partial charge in [-0.3, -0.25) is 19.8 Å². The molecular weight excluding hydrogens is 408 g/mol. The van der Waals surface area contributed by atoms with E-state index in [1.165, 1.54) is 0 Å². The normalized spacial score (nSPS) is 29.6. The lowest BCUT2D eigenvalue weighted by atomic mass is 9.88. The highest BCUT2D eigenvalue weighted by molar-refractivity contribution is 5.82. The second kappa shape index (κ2) is 9.47. The van der Waals surface area contributed by atoms with E-state index in [2.05, 4.69) is 21.6 Å². The third-order valence-corrected chi connectivity index (χ3v) is 7.62. The van der Waals surface area contributed by atoms with Crippen LogP contribution in [0, 0.1) is 11.8 Å². The number of aliphatic hydroxyl groups excluding tert-OH is 1. The highest BCUT2D eigenvalue weighted by Gasteiger charge is 2.50. The van der Waals surface area contributed by atoms with Gasteiger partial charge in [-0.15, -0.1) is 0 Å². The van der Waals surface area contributed by atoms with Crippen LogP contribution in [0.5, 0.6) is 0 Å². The molecule has 32 heavy (non-hydrogen) atoms. The Morgan fingerprint density at radius 2 is 2.12 bits per heavy atom. The highest BCUT2D eigenvalue weighted by atomic mass is 16.5. The topological polar surface area (TPSA) is 95.8 Å². The molecule has 2 fully saturated rings. The summed E-state index contributed by atoms with van der Waals surface area (Å²) in [5.74, 6) is -0.209. The molecule has 0 aromatic carbocycles. The van der Waals surface area contributed by atoms with E-state index in [4.69, 9.17) is 4.74 Å². The first-order valence-electron chi connectivity index (χ1n) is 12.0. The predicted octanol–water partition coefficient (Wildman–Crippen LogP) is 0.505. The molecule has 4 atom stereocenters. The SMILES string of the molecule is O=C(NCCCN1CCOCC1)[C@H]1N[C@H]2c3ccc(C4=CCCC4)c(=O)n3C[C@H]2[C@@H]1CO. The largest absolute Gasteiger partial charge is 0.396 e. The fraction of sp³-hybridized carbons (Fsp3) is 0.667. The molecule has 0 bridgehead atoms. The Balaban J connectivity index is 1.22. The molecule has 0 spiro atoms. The van der Waals surface area contributed by atoms with Crippen molar-refractivity contribution < 1.29 is 14.6 Å². The van der Waals surface area contributed by atoms with Crippen molar-refractivity contribution in [1.82, 2.24) is 20.1 Å². The van der Waals surface area contributed by atoms with Crippen LogP contribution in [0.2, 0.25) is 0 Å². The molecule has 1 aliphatic carbocycles. The van der Waals surface area contributed by atoms with E-state index in [9.17, 15) is 14.7 Å². The van der Waals surface area contributed by atoms with Gasteiger partial charge >= 0.3 is 0 Å². The first kappa shape index (κ1) is 21.8. The van der Waals surface area contributed by atoms with Crippen LogP contribution in [0.4, 0.5) is 0 Å². The van der Waals surface area contributed by atoms with Gasteiger partial charge < -0.3 is 19.7 Å². The van der Waals surface area contributed by atoms with Gasteiger partial charge in [0.15, 0.2) is 0 Å². The quantitative estimate of drug-likeness (QED) is 0.533. The number of allylic oxidation sites excluding steroid dienone is 2. The first-order chi connectivity index (χ1) is 15.7. The average molecular weight is 443 g/mol. The molecule has 0 radical (unpaired) electrons. The zero-order chi connectivity index (χ0) is 22.1. The number of nitrogens with one attached hydrogen (secondary N) is 2. The molecule has 0 unspecified atom stereocenters. The maximum Gasteiger partial charge on any atom is 0.258 e. The fourth-order valence-corrected chi connectivity index (χ4v) is 5.86. The molecule has 1 aromatic heterocycles. The van der Waals surface area contributed by atoms with Gasteiger partial charge in [-0.25, -0.2) is 0 Å². The number of hydrogen-bond acceptors (Lipinski definition) is 6. The van der Waals surface area contributed by atoms with Crippen LogP contribution in [0.25, 0.3) is 5.57 Å². The lowest BCUT2D eigenvalue weighted by molar-refractivity contribution is -0.124. The van der Waals surface area contributed by atoms with Crippen molar-refractivity contribution in [2.45, 2.75) is 44.3 Å². The van der Waals surface area contributed by atoms with Crippen molar-refractivity contribution in [3.63, 3.8) is 0 Å². The van der Waals surface area contributed by atoms with Crippen LogP contribution in [0.15, 0.2) is 23.0 Å². The van der Waals surface area contributed by atoms with E-state index < -0.39 is 6.04 Å². The molecule has 4 heterocycles. The fourth-order valence-electron chi connectivity index (χ4n) is 5.86. The number of carbonyl (C=O) groups is 1. The summed E-state index contributed by atoms with van der Waals surface area (Å²) in [6.45, 7) is 5.52. The van der Waals surface area contributed by atoms with Crippen LogP contribution in [0.1, 0.15) is 43.0 Å². The summed E-state index contributed by atoms with van der Waals surface area (Å²) in [5.41, 5.74) is 2.96. The Labute approximate surface area is 188 Å². The van der Waals surface area contributed by atoms with Crippen LogP contribution in [-0.4, -0.2) is 72.5 Å². The molecule has 1 amide bonds. The van der Waals surface area contributed by atoms with Crippen LogP contribution in [0.3, 0.4) is 0 Å². The molecule has 8 heteroatoms. The van der Waals surface area contributed by atoms with E-state index in [0.29, 0.717) is 13.1 Å². The summed E-state index contributed by atoms with van der Waals surface area (Å²) in [6, 6.07) is 3.47. The van der Waals surface area contributed by atoms with E-state index in [0.717, 1.165) is 75.4 Å². The second-order valence-electron chi connectivity index (χ2n) is 9.44. The number of nitrogens with zero attached hydrogens (tertiary/aromatic N) is 2. The Kier molecular flexibility index (Phi) is 6.46. The van der Waals surface area contributed by atoms with Crippen molar-refractivity contribution in [2.75, 3.05) is 46.0 Å². The zero-order valence-electron chi connectivity index (χ0n) is 18.6. The van der Waals surface area contributed by atoms with Gasteiger partial charge in [0.05, 0.1) is 25.3 Å². The number of hydrogen-bond donors (Lipinski definition) is 3. The number of pyridine rings is 1. The number of morpholine rings is 1. The number of rotatable bonds is 7. The number of fused-ring (bicyclic) bond motifs is 3. The Bertz CT molecular complexity index is 936. The minimum absolute atomic E-state index is 0.0459. The minimum atomic E-state index is -0.431. The molecule has 2 saturated heterocycles. The van der Waals surface area contributed by atoms with Crippen LogP contribution >= 0.6 is 0 Å². The molecular formula is C24H34N4O4. The summed E-state index contributed by atoms with van der Waals surface area (Å²) in [5, 5.41) is 16.6. The Morgan fingerprint density at radius 1 is 1.28 bits per heavy atom. The number of aromatic nitrogens is 1. The summed E-state index contributed by atoms with van der Waals surface area (Å²) in [7, 11) is 0. The van der Waals surface area contributed by atoms with Gasteiger partial charge in [-0.2, -0.15) is 0 Å². The van der Waals surface area contributed by atoms with Crippen LogP contribution < -0.4 is 16.2 Å². The first-order valence-corrected chi connectivity index (χ1v) is 12.0. The lowest BCUT2D eigenvalue weighted by Gasteiger charge is -2.26. The summed E-state index contributed by atoms with van der Waals surface area (Å²) in [6.07, 6.45) is 6.19. The van der Waals surface area contributed by atoms with Gasteiger partial charge in [0.25, 0.3) is 5.56 Å². The maximum absolute atomic E-state index is 13.1. The van der Waals surface area contributed by atoms with E-state index >= 15 is 0 Å². The van der Waals surface area contributed by atoms with Gasteiger partial charge in [0.1, 0.15) is 0 Å². The van der Waals surface area contributed by atoms with Crippen molar-refractivity contribution in [2.24, 2.45) is 11.8 Å². The highest BCUT2D eigenvalue weighted by Crippen LogP contribution is 2.42. The lowest BCUT2D eigenvalue weighted by Crippen LogP contribution is -2.47. The van der Waals surface area contributed by atoms with Crippen molar-refractivity contribution in [3.8, 4) is 0 Å². The Hall–Kier alpha value is -2.00. The molecule has 8 nitrogen and oxygen atoms in total. The van der Waals surface area contributed by atoms with Crippen molar-refractivity contribution in [1.29, 1.82) is 0 Å². The standard InChI is InChI=1S/C24H34N4O4/c29-15-19-18-14-28-20(7-6-17(24(28)31)16-4-1-2-5-16)21(18)26-22(19)23(30)25-8-3-9-27-10-12-32-13-11-27/h4,6-7,18-19,21-22,26,29H,1-3,5,8-15H2,(H,25,30)/t18-,19-,21+,22-/m0/s1. The second-order valence-corrected chi connectivity index (χ2v) is 9.44. The predicted molar refractivity (Wildman–Crippen MR) is 121 cm³/mol. The zero-order valence-corrected chi connectivity index (χ0v) is 18.6. The monoisotopic (exact) mass is 442 g/mol. The molecule has 4 aliphatic rings. The molecule has 174 valence electrons. The van der Waals surface area contributed by atoms with Crippen molar-refractivity contribution >= 4 is 11.5 Å². The number of aliphatic hydroxyl groups is 1. The van der Waals surface area contributed by atoms with E-state index in [1.54, 1.807) is 0 Å². The molecule has 3 aliphatic heterocycles. The maximum atomic E-state index is 13.1. The average Bonchev–Trinajstić information content (AvgIpc) is 3.54. The molecule has 0 saturated carbocycles. The Morgan fingerprint density at radius 3 is 2.88 bits per heavy atom. The molecule has 3 N–H and O–H groups in total. The molecule has 1 aromatic rings. The van der Waals surface area contributed by atoms with E-state index in [-0.39, 0.29) is 36.0 Å². The summed E-state index contributed by atoms with van der Waals surface area (Å²) < 4.78 is 7.23. The molecule has 5 rings (SSSR count). The number of carbonyl (C=O) groups excluding carboxylic acids is 1. The third kappa shape index (κ3) is 4.05.